The van der Waals surface area contributed by atoms with Gasteiger partial charge in [-0.3, -0.25) is 4.90 Å². The van der Waals surface area contributed by atoms with Crippen molar-refractivity contribution in [3.05, 3.63) is 5.82 Å². The molecule has 2 atom stereocenters. The molecule has 0 saturated carbocycles. The van der Waals surface area contributed by atoms with Crippen LogP contribution in [0, 0.1) is 5.92 Å². The van der Waals surface area contributed by atoms with Crippen molar-refractivity contribution in [1.82, 2.24) is 30.4 Å². The maximum atomic E-state index is 4.26. The molecule has 1 N–H and O–H groups in total. The minimum atomic E-state index is 0.595. The summed E-state index contributed by atoms with van der Waals surface area (Å²) in [6.45, 7) is 8.75. The van der Waals surface area contributed by atoms with Crippen LogP contribution < -0.4 is 5.32 Å². The third-order valence-corrected chi connectivity index (χ3v) is 3.88. The zero-order valence-corrected chi connectivity index (χ0v) is 12.3. The second kappa shape index (κ2) is 6.96. The van der Waals surface area contributed by atoms with Gasteiger partial charge in [-0.1, -0.05) is 6.92 Å². The van der Waals surface area contributed by atoms with Crippen LogP contribution in [0.3, 0.4) is 0 Å². The highest BCUT2D eigenvalue weighted by atomic mass is 15.6. The van der Waals surface area contributed by atoms with Crippen LogP contribution in [0.2, 0.25) is 0 Å². The number of hydrogen-bond acceptors (Lipinski definition) is 5. The second-order valence-corrected chi connectivity index (χ2v) is 5.58. The maximum Gasteiger partial charge on any atom is 0.188 e. The minimum absolute atomic E-state index is 0.595. The van der Waals surface area contributed by atoms with Gasteiger partial charge in [0.2, 0.25) is 0 Å². The van der Waals surface area contributed by atoms with Crippen molar-refractivity contribution in [2.45, 2.75) is 45.7 Å². The molecule has 1 fully saturated rings. The summed E-state index contributed by atoms with van der Waals surface area (Å²) in [6, 6.07) is 0.595. The van der Waals surface area contributed by atoms with E-state index in [1.165, 1.54) is 24.1 Å². The third-order valence-electron chi connectivity index (χ3n) is 3.88. The van der Waals surface area contributed by atoms with E-state index in [-0.39, 0.29) is 0 Å². The number of likely N-dealkylation sites (tertiary alicyclic amines) is 1. The first kappa shape index (κ1) is 14.4. The summed E-state index contributed by atoms with van der Waals surface area (Å²) in [5.74, 6) is 1.56. The van der Waals surface area contributed by atoms with E-state index in [9.17, 15) is 0 Å². The molecule has 1 aliphatic rings. The van der Waals surface area contributed by atoms with Gasteiger partial charge in [-0.25, -0.2) is 0 Å². The first-order chi connectivity index (χ1) is 9.19. The van der Waals surface area contributed by atoms with Gasteiger partial charge in [0, 0.05) is 12.6 Å². The molecule has 1 saturated heterocycles. The number of nitrogens with zero attached hydrogens (tertiary/aromatic N) is 5. The Morgan fingerprint density at radius 1 is 1.47 bits per heavy atom. The number of piperidine rings is 1. The lowest BCUT2D eigenvalue weighted by Crippen LogP contribution is -2.44. The Labute approximate surface area is 115 Å². The number of aromatic nitrogens is 4. The lowest BCUT2D eigenvalue weighted by Gasteiger charge is -2.35. The van der Waals surface area contributed by atoms with Crippen molar-refractivity contribution in [2.24, 2.45) is 13.0 Å². The quantitative estimate of drug-likeness (QED) is 0.826. The SMILES string of the molecule is CCCNC(C)C1CCCN(Cc2nnn(C)n2)C1. The van der Waals surface area contributed by atoms with Crippen molar-refractivity contribution < 1.29 is 0 Å². The molecule has 2 heterocycles. The molecule has 6 nitrogen and oxygen atoms in total. The van der Waals surface area contributed by atoms with Gasteiger partial charge in [0.05, 0.1) is 13.6 Å². The van der Waals surface area contributed by atoms with Crippen molar-refractivity contribution >= 4 is 0 Å². The van der Waals surface area contributed by atoms with E-state index in [4.69, 9.17) is 0 Å². The van der Waals surface area contributed by atoms with Crippen LogP contribution in [-0.2, 0) is 13.6 Å². The van der Waals surface area contributed by atoms with Gasteiger partial charge in [-0.15, -0.1) is 10.2 Å². The summed E-state index contributed by atoms with van der Waals surface area (Å²) in [6.07, 6.45) is 3.79. The van der Waals surface area contributed by atoms with Crippen molar-refractivity contribution in [3.8, 4) is 0 Å². The lowest BCUT2D eigenvalue weighted by molar-refractivity contribution is 0.141. The molecular weight excluding hydrogens is 240 g/mol. The summed E-state index contributed by atoms with van der Waals surface area (Å²) in [7, 11) is 1.81. The molecule has 108 valence electrons. The van der Waals surface area contributed by atoms with E-state index in [2.05, 4.69) is 39.5 Å². The fourth-order valence-corrected chi connectivity index (χ4v) is 2.77. The fraction of sp³-hybridized carbons (Fsp3) is 0.923. The number of nitrogens with one attached hydrogen (secondary N) is 1. The molecule has 0 aromatic carbocycles. The van der Waals surface area contributed by atoms with E-state index in [1.54, 1.807) is 0 Å². The van der Waals surface area contributed by atoms with Gasteiger partial charge >= 0.3 is 0 Å². The van der Waals surface area contributed by atoms with Crippen molar-refractivity contribution in [3.63, 3.8) is 0 Å². The highest BCUT2D eigenvalue weighted by molar-refractivity contribution is 4.84. The first-order valence-electron chi connectivity index (χ1n) is 7.37. The summed E-state index contributed by atoms with van der Waals surface area (Å²) in [5.41, 5.74) is 0. The largest absolute Gasteiger partial charge is 0.314 e. The van der Waals surface area contributed by atoms with Crippen LogP contribution in [-0.4, -0.2) is 50.8 Å². The number of tetrazole rings is 1. The summed E-state index contributed by atoms with van der Waals surface area (Å²) in [5, 5.41) is 15.8. The summed E-state index contributed by atoms with van der Waals surface area (Å²) in [4.78, 5) is 3.98. The molecular formula is C13H26N6. The molecule has 19 heavy (non-hydrogen) atoms. The van der Waals surface area contributed by atoms with E-state index in [1.807, 2.05) is 7.05 Å². The first-order valence-corrected chi connectivity index (χ1v) is 7.37. The van der Waals surface area contributed by atoms with Crippen LogP contribution >= 0.6 is 0 Å². The van der Waals surface area contributed by atoms with Gasteiger partial charge < -0.3 is 5.32 Å². The highest BCUT2D eigenvalue weighted by Gasteiger charge is 2.24. The Morgan fingerprint density at radius 2 is 2.32 bits per heavy atom. The zero-order valence-electron chi connectivity index (χ0n) is 12.3. The van der Waals surface area contributed by atoms with Crippen LogP contribution in [0.15, 0.2) is 0 Å². The van der Waals surface area contributed by atoms with Gasteiger partial charge in [0.1, 0.15) is 0 Å². The van der Waals surface area contributed by atoms with Gasteiger partial charge in [-0.05, 0) is 50.4 Å². The Kier molecular flexibility index (Phi) is 5.27. The van der Waals surface area contributed by atoms with Crippen LogP contribution in [0.5, 0.6) is 0 Å². The van der Waals surface area contributed by atoms with Gasteiger partial charge in [0.15, 0.2) is 5.82 Å². The maximum absolute atomic E-state index is 4.26. The average molecular weight is 266 g/mol. The van der Waals surface area contributed by atoms with E-state index >= 15 is 0 Å². The number of aryl methyl sites for hydroxylation is 1. The highest BCUT2D eigenvalue weighted by Crippen LogP contribution is 2.20. The Morgan fingerprint density at radius 3 is 3.00 bits per heavy atom. The molecule has 2 unspecified atom stereocenters. The minimum Gasteiger partial charge on any atom is -0.314 e. The fourth-order valence-electron chi connectivity index (χ4n) is 2.77. The standard InChI is InChI=1S/C13H26N6/c1-4-7-14-11(2)12-6-5-8-19(9-12)10-13-15-17-18(3)16-13/h11-12,14H,4-10H2,1-3H3. The van der Waals surface area contributed by atoms with Crippen LogP contribution in [0.4, 0.5) is 0 Å². The molecule has 1 aromatic heterocycles. The molecule has 2 rings (SSSR count). The molecule has 0 spiro atoms. The smallest absolute Gasteiger partial charge is 0.188 e. The summed E-state index contributed by atoms with van der Waals surface area (Å²) >= 11 is 0. The predicted octanol–water partition coefficient (Wildman–Crippen LogP) is 0.810. The number of rotatable bonds is 6. The zero-order chi connectivity index (χ0) is 13.7. The van der Waals surface area contributed by atoms with Gasteiger partial charge in [0.25, 0.3) is 0 Å². The third kappa shape index (κ3) is 4.24. The van der Waals surface area contributed by atoms with Crippen molar-refractivity contribution in [2.75, 3.05) is 19.6 Å². The monoisotopic (exact) mass is 266 g/mol. The number of hydrogen-bond donors (Lipinski definition) is 1. The van der Waals surface area contributed by atoms with E-state index < -0.39 is 0 Å². The molecule has 1 aliphatic heterocycles. The second-order valence-electron chi connectivity index (χ2n) is 5.58. The average Bonchev–Trinajstić information content (AvgIpc) is 2.81. The Balaban J connectivity index is 1.83. The predicted molar refractivity (Wildman–Crippen MR) is 74.6 cm³/mol. The molecule has 0 aliphatic carbocycles. The lowest BCUT2D eigenvalue weighted by atomic mass is 9.91. The molecule has 1 aromatic rings. The molecule has 0 radical (unpaired) electrons. The molecule has 0 bridgehead atoms. The molecule has 0 amide bonds. The van der Waals surface area contributed by atoms with Crippen molar-refractivity contribution in [1.29, 1.82) is 0 Å². The van der Waals surface area contributed by atoms with E-state index in [0.717, 1.165) is 37.9 Å². The topological polar surface area (TPSA) is 58.9 Å². The Hall–Kier alpha value is -1.01. The van der Waals surface area contributed by atoms with Crippen LogP contribution in [0.1, 0.15) is 38.9 Å². The molecule has 6 heteroatoms. The van der Waals surface area contributed by atoms with E-state index in [0.29, 0.717) is 6.04 Å². The summed E-state index contributed by atoms with van der Waals surface area (Å²) < 4.78 is 0. The Bertz CT molecular complexity index is 377. The normalized spacial score (nSPS) is 22.6. The van der Waals surface area contributed by atoms with Gasteiger partial charge in [-0.2, -0.15) is 4.80 Å². The van der Waals surface area contributed by atoms with Crippen LogP contribution in [0.25, 0.3) is 0 Å².